The quantitative estimate of drug-likeness (QED) is 0.634. The standard InChI is InChI=1S/C14H14BrNO3/c1-3-9-7-12(17)16(8-9)13-10(14(18)19-2)5-4-6-11(13)15/h3-6,9H,1,7-8H2,2H3. The topological polar surface area (TPSA) is 46.6 Å². The fourth-order valence-electron chi connectivity index (χ4n) is 2.17. The molecule has 19 heavy (non-hydrogen) atoms. The van der Waals surface area contributed by atoms with Crippen LogP contribution in [0, 0.1) is 5.92 Å². The Bertz CT molecular complexity index is 541. The summed E-state index contributed by atoms with van der Waals surface area (Å²) in [6, 6.07) is 5.20. The lowest BCUT2D eigenvalue weighted by molar-refractivity contribution is -0.117. The first-order valence-corrected chi connectivity index (χ1v) is 6.67. The Hall–Kier alpha value is -1.62. The average molecular weight is 324 g/mol. The molecule has 0 saturated carbocycles. The molecule has 1 saturated heterocycles. The number of benzene rings is 1. The monoisotopic (exact) mass is 323 g/mol. The van der Waals surface area contributed by atoms with E-state index >= 15 is 0 Å². The van der Waals surface area contributed by atoms with Gasteiger partial charge >= 0.3 is 5.97 Å². The molecule has 0 aromatic heterocycles. The van der Waals surface area contributed by atoms with Gasteiger partial charge in [0.2, 0.25) is 5.91 Å². The molecule has 4 nitrogen and oxygen atoms in total. The normalized spacial score (nSPS) is 18.5. The minimum atomic E-state index is -0.453. The van der Waals surface area contributed by atoms with Gasteiger partial charge in [-0.25, -0.2) is 4.79 Å². The number of carbonyl (C=O) groups excluding carboxylic acids is 2. The van der Waals surface area contributed by atoms with Crippen LogP contribution in [0.25, 0.3) is 0 Å². The highest BCUT2D eigenvalue weighted by Gasteiger charge is 2.32. The number of anilines is 1. The number of hydrogen-bond donors (Lipinski definition) is 0. The number of para-hydroxylation sites is 1. The Morgan fingerprint density at radius 2 is 2.32 bits per heavy atom. The zero-order valence-corrected chi connectivity index (χ0v) is 12.1. The van der Waals surface area contributed by atoms with Crippen LogP contribution >= 0.6 is 15.9 Å². The lowest BCUT2D eigenvalue weighted by Gasteiger charge is -2.20. The highest BCUT2D eigenvalue weighted by Crippen LogP contribution is 2.35. The van der Waals surface area contributed by atoms with Gasteiger partial charge in [-0.3, -0.25) is 4.79 Å². The smallest absolute Gasteiger partial charge is 0.340 e. The predicted molar refractivity (Wildman–Crippen MR) is 76.1 cm³/mol. The van der Waals surface area contributed by atoms with Gasteiger partial charge in [-0.2, -0.15) is 0 Å². The third-order valence-corrected chi connectivity index (χ3v) is 3.79. The van der Waals surface area contributed by atoms with Gasteiger partial charge in [-0.15, -0.1) is 6.58 Å². The second-order valence-corrected chi connectivity index (χ2v) is 5.19. The van der Waals surface area contributed by atoms with Crippen molar-refractivity contribution in [1.82, 2.24) is 0 Å². The van der Waals surface area contributed by atoms with E-state index in [4.69, 9.17) is 4.74 Å². The van der Waals surface area contributed by atoms with Crippen LogP contribution in [0.2, 0.25) is 0 Å². The second kappa shape index (κ2) is 5.57. The molecule has 1 aromatic carbocycles. The van der Waals surface area contributed by atoms with E-state index in [0.717, 1.165) is 0 Å². The molecule has 1 aliphatic rings. The predicted octanol–water partition coefficient (Wildman–Crippen LogP) is 2.77. The summed E-state index contributed by atoms with van der Waals surface area (Å²) in [6.45, 7) is 4.26. The molecule has 2 rings (SSSR count). The zero-order valence-electron chi connectivity index (χ0n) is 10.6. The first kappa shape index (κ1) is 13.8. The van der Waals surface area contributed by atoms with Crippen molar-refractivity contribution < 1.29 is 14.3 Å². The molecule has 0 N–H and O–H groups in total. The van der Waals surface area contributed by atoms with Crippen LogP contribution in [0.1, 0.15) is 16.8 Å². The van der Waals surface area contributed by atoms with Gasteiger partial charge in [0, 0.05) is 23.4 Å². The van der Waals surface area contributed by atoms with Crippen molar-refractivity contribution in [3.8, 4) is 0 Å². The molecule has 1 fully saturated rings. The summed E-state index contributed by atoms with van der Waals surface area (Å²) in [7, 11) is 1.32. The molecule has 1 aliphatic heterocycles. The van der Waals surface area contributed by atoms with Crippen LogP contribution in [0.4, 0.5) is 5.69 Å². The molecule has 0 spiro atoms. The fraction of sp³-hybridized carbons (Fsp3) is 0.286. The summed E-state index contributed by atoms with van der Waals surface area (Å²) in [5.74, 6) is -0.349. The van der Waals surface area contributed by atoms with E-state index in [1.54, 1.807) is 29.2 Å². The van der Waals surface area contributed by atoms with Crippen molar-refractivity contribution in [2.24, 2.45) is 5.92 Å². The van der Waals surface area contributed by atoms with Gasteiger partial charge in [-0.05, 0) is 28.1 Å². The summed E-state index contributed by atoms with van der Waals surface area (Å²) >= 11 is 3.40. The van der Waals surface area contributed by atoms with Gasteiger partial charge in [-0.1, -0.05) is 12.1 Å². The van der Waals surface area contributed by atoms with E-state index in [0.29, 0.717) is 28.7 Å². The Morgan fingerprint density at radius 1 is 1.58 bits per heavy atom. The van der Waals surface area contributed by atoms with Crippen molar-refractivity contribution in [1.29, 1.82) is 0 Å². The van der Waals surface area contributed by atoms with E-state index < -0.39 is 5.97 Å². The Kier molecular flexibility index (Phi) is 4.04. The molecule has 1 atom stereocenters. The van der Waals surface area contributed by atoms with Crippen molar-refractivity contribution in [3.05, 3.63) is 40.9 Å². The summed E-state index contributed by atoms with van der Waals surface area (Å²) in [5.41, 5.74) is 0.957. The van der Waals surface area contributed by atoms with E-state index in [1.165, 1.54) is 7.11 Å². The zero-order chi connectivity index (χ0) is 14.0. The molecule has 0 radical (unpaired) electrons. The van der Waals surface area contributed by atoms with E-state index in [-0.39, 0.29) is 11.8 Å². The maximum Gasteiger partial charge on any atom is 0.340 e. The van der Waals surface area contributed by atoms with E-state index in [2.05, 4.69) is 22.5 Å². The van der Waals surface area contributed by atoms with Crippen LogP contribution in [-0.4, -0.2) is 25.5 Å². The number of amides is 1. The third-order valence-electron chi connectivity index (χ3n) is 3.15. The molecule has 0 bridgehead atoms. The molecule has 1 heterocycles. The van der Waals surface area contributed by atoms with Gasteiger partial charge < -0.3 is 9.64 Å². The Morgan fingerprint density at radius 3 is 2.89 bits per heavy atom. The van der Waals surface area contributed by atoms with Crippen LogP contribution in [0.15, 0.2) is 35.3 Å². The number of ether oxygens (including phenoxy) is 1. The average Bonchev–Trinajstić information content (AvgIpc) is 2.78. The van der Waals surface area contributed by atoms with Gasteiger partial charge in [0.25, 0.3) is 0 Å². The SMILES string of the molecule is C=CC1CC(=O)N(c2c(Br)cccc2C(=O)OC)C1. The van der Waals surface area contributed by atoms with Crippen LogP contribution < -0.4 is 4.90 Å². The number of hydrogen-bond acceptors (Lipinski definition) is 3. The number of nitrogens with zero attached hydrogens (tertiary/aromatic N) is 1. The molecular weight excluding hydrogens is 310 g/mol. The first-order chi connectivity index (χ1) is 9.08. The van der Waals surface area contributed by atoms with E-state index in [1.807, 2.05) is 0 Å². The summed E-state index contributed by atoms with van der Waals surface area (Å²) < 4.78 is 5.46. The minimum absolute atomic E-state index is 0.0121. The lowest BCUT2D eigenvalue weighted by Crippen LogP contribution is -2.27. The van der Waals surface area contributed by atoms with Crippen LogP contribution in [-0.2, 0) is 9.53 Å². The number of esters is 1. The summed E-state index contributed by atoms with van der Waals surface area (Å²) in [4.78, 5) is 25.5. The van der Waals surface area contributed by atoms with Gasteiger partial charge in [0.15, 0.2) is 0 Å². The van der Waals surface area contributed by atoms with Crippen LogP contribution in [0.3, 0.4) is 0 Å². The highest BCUT2D eigenvalue weighted by atomic mass is 79.9. The second-order valence-electron chi connectivity index (χ2n) is 4.33. The van der Waals surface area contributed by atoms with Crippen molar-refractivity contribution in [2.45, 2.75) is 6.42 Å². The molecule has 0 aliphatic carbocycles. The van der Waals surface area contributed by atoms with Crippen molar-refractivity contribution in [2.75, 3.05) is 18.6 Å². The van der Waals surface area contributed by atoms with Gasteiger partial charge in [0.05, 0.1) is 18.4 Å². The maximum atomic E-state index is 12.1. The molecule has 5 heteroatoms. The molecule has 1 amide bonds. The Labute approximate surface area is 120 Å². The maximum absolute atomic E-state index is 12.1. The fourth-order valence-corrected chi connectivity index (χ4v) is 2.75. The van der Waals surface area contributed by atoms with Crippen LogP contribution in [0.5, 0.6) is 0 Å². The van der Waals surface area contributed by atoms with Crippen molar-refractivity contribution in [3.63, 3.8) is 0 Å². The number of rotatable bonds is 3. The lowest BCUT2D eigenvalue weighted by atomic mass is 10.1. The molecule has 1 aromatic rings. The molecular formula is C14H14BrNO3. The summed E-state index contributed by atoms with van der Waals surface area (Å²) in [6.07, 6.45) is 2.19. The van der Waals surface area contributed by atoms with E-state index in [9.17, 15) is 9.59 Å². The molecule has 1 unspecified atom stereocenters. The van der Waals surface area contributed by atoms with Crippen molar-refractivity contribution >= 4 is 33.5 Å². The Balaban J connectivity index is 2.47. The number of methoxy groups -OCH3 is 1. The number of carbonyl (C=O) groups is 2. The highest BCUT2D eigenvalue weighted by molar-refractivity contribution is 9.10. The third kappa shape index (κ3) is 2.56. The van der Waals surface area contributed by atoms with Gasteiger partial charge in [0.1, 0.15) is 0 Å². The molecule has 100 valence electrons. The largest absolute Gasteiger partial charge is 0.465 e. The minimum Gasteiger partial charge on any atom is -0.465 e. The number of halogens is 1. The first-order valence-electron chi connectivity index (χ1n) is 5.88. The summed E-state index contributed by atoms with van der Waals surface area (Å²) in [5, 5.41) is 0.